The van der Waals surface area contributed by atoms with Gasteiger partial charge >= 0.3 is 0 Å². The van der Waals surface area contributed by atoms with Gasteiger partial charge in [0.1, 0.15) is 0 Å². The fourth-order valence-electron chi connectivity index (χ4n) is 1.60. The summed E-state index contributed by atoms with van der Waals surface area (Å²) in [5, 5.41) is 8.18. The van der Waals surface area contributed by atoms with Crippen LogP contribution in [0.1, 0.15) is 32.0 Å². The second kappa shape index (κ2) is 6.28. The number of nitrogens with one attached hydrogen (secondary N) is 2. The van der Waals surface area contributed by atoms with Crippen LogP contribution < -0.4 is 10.6 Å². The quantitative estimate of drug-likeness (QED) is 0.889. The van der Waals surface area contributed by atoms with Gasteiger partial charge in [-0.15, -0.1) is 11.3 Å². The molecule has 0 fully saturated rings. The second-order valence-corrected chi connectivity index (χ2v) is 6.29. The highest BCUT2D eigenvalue weighted by molar-refractivity contribution is 7.07. The Morgan fingerprint density at radius 2 is 2.05 bits per heavy atom. The number of nitrogens with zero attached hydrogens (tertiary/aromatic N) is 2. The first-order valence-electron chi connectivity index (χ1n) is 6.45. The molecular formula is C14H19FN4S. The Kier molecular flexibility index (Phi) is 4.67. The molecule has 0 radical (unpaired) electrons. The Morgan fingerprint density at radius 1 is 1.25 bits per heavy atom. The number of pyridine rings is 1. The molecule has 0 unspecified atom stereocenters. The lowest BCUT2D eigenvalue weighted by Gasteiger charge is -2.21. The summed E-state index contributed by atoms with van der Waals surface area (Å²) in [6, 6.07) is 1.70. The van der Waals surface area contributed by atoms with Gasteiger partial charge < -0.3 is 10.6 Å². The van der Waals surface area contributed by atoms with E-state index in [1.807, 2.05) is 26.2 Å². The minimum atomic E-state index is -0.306. The molecule has 2 aromatic heterocycles. The van der Waals surface area contributed by atoms with Crippen molar-refractivity contribution >= 4 is 17.2 Å². The van der Waals surface area contributed by atoms with Gasteiger partial charge in [-0.3, -0.25) is 0 Å². The number of rotatable bonds is 5. The monoisotopic (exact) mass is 294 g/mol. The van der Waals surface area contributed by atoms with Crippen LogP contribution in [-0.4, -0.2) is 15.5 Å². The van der Waals surface area contributed by atoms with Crippen molar-refractivity contribution in [1.29, 1.82) is 0 Å². The summed E-state index contributed by atoms with van der Waals surface area (Å²) >= 11 is 1.52. The largest absolute Gasteiger partial charge is 0.362 e. The van der Waals surface area contributed by atoms with E-state index in [-0.39, 0.29) is 17.2 Å². The zero-order valence-corrected chi connectivity index (χ0v) is 12.7. The van der Waals surface area contributed by atoms with Gasteiger partial charge in [-0.25, -0.2) is 14.4 Å². The maximum Gasteiger partial charge on any atom is 0.169 e. The molecule has 20 heavy (non-hydrogen) atoms. The fraction of sp³-hybridized carbons (Fsp3) is 0.429. The molecule has 0 aliphatic carbocycles. The van der Waals surface area contributed by atoms with Crippen molar-refractivity contribution in [3.05, 3.63) is 40.2 Å². The molecule has 0 aliphatic rings. The standard InChI is InChI=1S/C14H19FN4S/c1-14(2,3)19-6-10-4-5-16-13(12(10)15)17-7-11-8-20-9-18-11/h4-5,8-9,19H,6-7H2,1-3H3,(H,16,17). The molecule has 4 nitrogen and oxygen atoms in total. The lowest BCUT2D eigenvalue weighted by Crippen LogP contribution is -2.35. The van der Waals surface area contributed by atoms with Crippen LogP contribution >= 0.6 is 11.3 Å². The second-order valence-electron chi connectivity index (χ2n) is 5.57. The van der Waals surface area contributed by atoms with Crippen LogP contribution in [0.25, 0.3) is 0 Å². The molecule has 0 spiro atoms. The van der Waals surface area contributed by atoms with Crippen molar-refractivity contribution in [2.45, 2.75) is 39.4 Å². The maximum atomic E-state index is 14.3. The summed E-state index contributed by atoms with van der Waals surface area (Å²) in [4.78, 5) is 8.19. The van der Waals surface area contributed by atoms with E-state index in [1.54, 1.807) is 17.8 Å². The molecule has 0 amide bonds. The summed E-state index contributed by atoms with van der Waals surface area (Å²) in [7, 11) is 0. The topological polar surface area (TPSA) is 49.8 Å². The number of hydrogen-bond acceptors (Lipinski definition) is 5. The molecule has 2 aromatic rings. The number of hydrogen-bond donors (Lipinski definition) is 2. The molecule has 0 saturated carbocycles. The third kappa shape index (κ3) is 4.25. The molecule has 108 valence electrons. The van der Waals surface area contributed by atoms with Gasteiger partial charge in [-0.2, -0.15) is 0 Å². The third-order valence-corrected chi connectivity index (χ3v) is 3.33. The van der Waals surface area contributed by atoms with Crippen molar-refractivity contribution in [1.82, 2.24) is 15.3 Å². The van der Waals surface area contributed by atoms with Crippen LogP contribution in [0.4, 0.5) is 10.2 Å². The van der Waals surface area contributed by atoms with Crippen LogP contribution in [0.5, 0.6) is 0 Å². The first-order valence-corrected chi connectivity index (χ1v) is 7.39. The van der Waals surface area contributed by atoms with Gasteiger partial charge in [-0.05, 0) is 26.8 Å². The van der Waals surface area contributed by atoms with Crippen LogP contribution in [-0.2, 0) is 13.1 Å². The van der Waals surface area contributed by atoms with E-state index in [0.717, 1.165) is 5.69 Å². The van der Waals surface area contributed by atoms with E-state index in [1.165, 1.54) is 11.3 Å². The van der Waals surface area contributed by atoms with Crippen molar-refractivity contribution < 1.29 is 4.39 Å². The first kappa shape index (κ1) is 14.9. The van der Waals surface area contributed by atoms with E-state index in [4.69, 9.17) is 0 Å². The summed E-state index contributed by atoms with van der Waals surface area (Å²) in [6.45, 7) is 7.10. The molecule has 2 heterocycles. The maximum absolute atomic E-state index is 14.3. The van der Waals surface area contributed by atoms with E-state index >= 15 is 0 Å². The van der Waals surface area contributed by atoms with Crippen molar-refractivity contribution in [2.24, 2.45) is 0 Å². The molecule has 0 aliphatic heterocycles. The predicted molar refractivity (Wildman–Crippen MR) is 80.2 cm³/mol. The van der Waals surface area contributed by atoms with Gasteiger partial charge in [0.2, 0.25) is 0 Å². The molecule has 0 aromatic carbocycles. The molecule has 0 saturated heterocycles. The van der Waals surface area contributed by atoms with Gasteiger partial charge in [0.25, 0.3) is 0 Å². The SMILES string of the molecule is CC(C)(C)NCc1ccnc(NCc2cscn2)c1F. The van der Waals surface area contributed by atoms with Crippen molar-refractivity contribution in [3.8, 4) is 0 Å². The van der Waals surface area contributed by atoms with Crippen LogP contribution in [0, 0.1) is 5.82 Å². The minimum Gasteiger partial charge on any atom is -0.362 e. The van der Waals surface area contributed by atoms with Crippen LogP contribution in [0.3, 0.4) is 0 Å². The molecular weight excluding hydrogens is 275 g/mol. The zero-order chi connectivity index (χ0) is 14.6. The fourth-order valence-corrected chi connectivity index (χ4v) is 2.16. The van der Waals surface area contributed by atoms with Gasteiger partial charge in [0, 0.05) is 29.2 Å². The molecule has 2 N–H and O–H groups in total. The van der Waals surface area contributed by atoms with Gasteiger partial charge in [-0.1, -0.05) is 0 Å². The number of halogens is 1. The van der Waals surface area contributed by atoms with Crippen molar-refractivity contribution in [3.63, 3.8) is 0 Å². The predicted octanol–water partition coefficient (Wildman–Crippen LogP) is 3.18. The Hall–Kier alpha value is -1.53. The Balaban J connectivity index is 2.03. The summed E-state index contributed by atoms with van der Waals surface area (Å²) in [5.74, 6) is -0.0364. The Bertz CT molecular complexity index is 549. The lowest BCUT2D eigenvalue weighted by molar-refractivity contribution is 0.418. The van der Waals surface area contributed by atoms with E-state index in [2.05, 4.69) is 20.6 Å². The Labute approximate surface area is 122 Å². The molecule has 0 bridgehead atoms. The molecule has 0 atom stereocenters. The Morgan fingerprint density at radius 3 is 2.70 bits per heavy atom. The molecule has 6 heteroatoms. The number of aromatic nitrogens is 2. The average Bonchev–Trinajstić information content (AvgIpc) is 2.88. The minimum absolute atomic E-state index is 0.0517. The first-order chi connectivity index (χ1) is 9.46. The summed E-state index contributed by atoms with van der Waals surface area (Å²) < 4.78 is 14.3. The third-order valence-electron chi connectivity index (χ3n) is 2.70. The van der Waals surface area contributed by atoms with Crippen LogP contribution in [0.15, 0.2) is 23.2 Å². The van der Waals surface area contributed by atoms with Crippen LogP contribution in [0.2, 0.25) is 0 Å². The summed E-state index contributed by atoms with van der Waals surface area (Å²) in [5.41, 5.74) is 3.19. The van der Waals surface area contributed by atoms with Gasteiger partial charge in [0.05, 0.1) is 17.7 Å². The lowest BCUT2D eigenvalue weighted by atomic mass is 10.1. The van der Waals surface area contributed by atoms with E-state index < -0.39 is 0 Å². The molecule has 2 rings (SSSR count). The normalized spacial score (nSPS) is 11.6. The zero-order valence-electron chi connectivity index (χ0n) is 11.9. The average molecular weight is 294 g/mol. The number of anilines is 1. The van der Waals surface area contributed by atoms with E-state index in [9.17, 15) is 4.39 Å². The summed E-state index contributed by atoms with van der Waals surface area (Å²) in [6.07, 6.45) is 1.62. The van der Waals surface area contributed by atoms with Crippen molar-refractivity contribution in [2.75, 3.05) is 5.32 Å². The smallest absolute Gasteiger partial charge is 0.169 e. The highest BCUT2D eigenvalue weighted by Gasteiger charge is 2.13. The highest BCUT2D eigenvalue weighted by Crippen LogP contribution is 2.17. The highest BCUT2D eigenvalue weighted by atomic mass is 32.1. The van der Waals surface area contributed by atoms with Gasteiger partial charge in [0.15, 0.2) is 11.6 Å². The number of thiazole rings is 1. The van der Waals surface area contributed by atoms with E-state index in [0.29, 0.717) is 18.7 Å².